The first kappa shape index (κ1) is 28.8. The van der Waals surface area contributed by atoms with Crippen molar-refractivity contribution in [3.63, 3.8) is 0 Å². The van der Waals surface area contributed by atoms with E-state index in [1.165, 1.54) is 12.1 Å². The smallest absolute Gasteiger partial charge is 0.416 e. The van der Waals surface area contributed by atoms with Crippen molar-refractivity contribution in [3.05, 3.63) is 66.0 Å². The number of nitrogens with one attached hydrogen (secondary N) is 1. The van der Waals surface area contributed by atoms with Crippen molar-refractivity contribution < 1.29 is 49.4 Å². The summed E-state index contributed by atoms with van der Waals surface area (Å²) in [6.45, 7) is -3.44. The van der Waals surface area contributed by atoms with Gasteiger partial charge in [0.25, 0.3) is 5.91 Å². The van der Waals surface area contributed by atoms with Crippen LogP contribution in [0.3, 0.4) is 0 Å². The van der Waals surface area contributed by atoms with Crippen LogP contribution in [-0.4, -0.2) is 51.7 Å². The van der Waals surface area contributed by atoms with Crippen LogP contribution in [0.5, 0.6) is 11.5 Å². The normalized spacial score (nSPS) is 18.2. The lowest BCUT2D eigenvalue weighted by Crippen LogP contribution is -2.58. The van der Waals surface area contributed by atoms with Crippen LogP contribution >= 0.6 is 0 Å². The number of rotatable bonds is 9. The van der Waals surface area contributed by atoms with Gasteiger partial charge in [0.15, 0.2) is 5.54 Å². The highest BCUT2D eigenvalue weighted by Gasteiger charge is 2.59. The van der Waals surface area contributed by atoms with E-state index in [0.29, 0.717) is 0 Å². The highest BCUT2D eigenvalue weighted by molar-refractivity contribution is 6.23. The predicted molar refractivity (Wildman–Crippen MR) is 122 cm³/mol. The van der Waals surface area contributed by atoms with Gasteiger partial charge < -0.3 is 14.8 Å². The molecular weight excluding hydrogens is 558 g/mol. The monoisotopic (exact) mass is 577 g/mol. The lowest BCUT2D eigenvalue weighted by Gasteiger charge is -2.41. The Balaban J connectivity index is 1.71. The van der Waals surface area contributed by atoms with Gasteiger partial charge >= 0.3 is 19.0 Å². The van der Waals surface area contributed by atoms with E-state index >= 15 is 0 Å². The number of alkyl halides is 8. The van der Waals surface area contributed by atoms with Crippen molar-refractivity contribution in [1.29, 1.82) is 0 Å². The molecule has 40 heavy (non-hydrogen) atoms. The molecule has 2 heterocycles. The largest absolute Gasteiger partial charge is 0.494 e. The standard InChI is InChI=1S/C24H19F8N5O3/c25-21(26)40-17-6-2-14(3-7-17)18-12-22(24(30,31)32,34-20(38)19(18)37-13-33-35-36-37)15-4-8-16(9-5-15)39-11-1-10-23(27,28)29/h2-9,13,21H,1,10-12H2,(H,34,38)/t22-/m0/s1. The number of tetrazole rings is 1. The Morgan fingerprint density at radius 1 is 0.975 bits per heavy atom. The lowest BCUT2D eigenvalue weighted by molar-refractivity contribution is -0.201. The SMILES string of the molecule is O=C1N[C@@](c2ccc(OCCCC(F)(F)F)cc2)(C(F)(F)F)CC(c2ccc(OC(F)F)cc2)=C1n1cnnn1. The molecule has 1 aromatic heterocycles. The zero-order valence-corrected chi connectivity index (χ0v) is 20.1. The van der Waals surface area contributed by atoms with Gasteiger partial charge in [0.1, 0.15) is 23.5 Å². The summed E-state index contributed by atoms with van der Waals surface area (Å²) in [5.41, 5.74) is -3.73. The Morgan fingerprint density at radius 2 is 1.62 bits per heavy atom. The van der Waals surface area contributed by atoms with Crippen molar-refractivity contribution in [1.82, 2.24) is 25.5 Å². The molecular formula is C24H19F8N5O3. The van der Waals surface area contributed by atoms with Gasteiger partial charge in [-0.1, -0.05) is 24.3 Å². The molecule has 4 rings (SSSR count). The molecule has 0 unspecified atom stereocenters. The Hall–Kier alpha value is -4.24. The molecule has 0 aliphatic carbocycles. The Labute approximate surface area is 220 Å². The summed E-state index contributed by atoms with van der Waals surface area (Å²) in [4.78, 5) is 13.2. The van der Waals surface area contributed by atoms with Crippen molar-refractivity contribution in [3.8, 4) is 11.5 Å². The molecule has 1 N–H and O–H groups in total. The molecule has 2 aromatic carbocycles. The van der Waals surface area contributed by atoms with Gasteiger partial charge in [-0.2, -0.15) is 39.8 Å². The summed E-state index contributed by atoms with van der Waals surface area (Å²) in [7, 11) is 0. The number of hydrogen-bond donors (Lipinski definition) is 1. The molecule has 1 aliphatic rings. The number of benzene rings is 2. The fourth-order valence-corrected chi connectivity index (χ4v) is 4.17. The van der Waals surface area contributed by atoms with Crippen molar-refractivity contribution in [2.45, 2.75) is 43.8 Å². The summed E-state index contributed by atoms with van der Waals surface area (Å²) in [5, 5.41) is 12.5. The molecule has 214 valence electrons. The van der Waals surface area contributed by atoms with E-state index in [9.17, 15) is 39.9 Å². The van der Waals surface area contributed by atoms with Crippen LogP contribution in [0.15, 0.2) is 54.9 Å². The van der Waals surface area contributed by atoms with Crippen LogP contribution in [0.2, 0.25) is 0 Å². The molecule has 0 fully saturated rings. The number of carbonyl (C=O) groups is 1. The van der Waals surface area contributed by atoms with Crippen LogP contribution in [0.25, 0.3) is 11.3 Å². The molecule has 1 aliphatic heterocycles. The molecule has 8 nitrogen and oxygen atoms in total. The molecule has 16 heteroatoms. The zero-order valence-electron chi connectivity index (χ0n) is 20.1. The number of halogens is 8. The van der Waals surface area contributed by atoms with Gasteiger partial charge in [0.05, 0.1) is 6.61 Å². The predicted octanol–water partition coefficient (Wildman–Crippen LogP) is 5.34. The minimum absolute atomic E-state index is 0.0325. The third-order valence-corrected chi connectivity index (χ3v) is 5.98. The minimum atomic E-state index is -5.05. The third-order valence-electron chi connectivity index (χ3n) is 5.98. The van der Waals surface area contributed by atoms with E-state index in [1.807, 2.05) is 5.32 Å². The van der Waals surface area contributed by atoms with E-state index in [2.05, 4.69) is 20.3 Å². The van der Waals surface area contributed by atoms with Crippen molar-refractivity contribution in [2.24, 2.45) is 0 Å². The maximum Gasteiger partial charge on any atom is 0.416 e. The fourth-order valence-electron chi connectivity index (χ4n) is 4.17. The fraction of sp³-hybridized carbons (Fsp3) is 0.333. The highest BCUT2D eigenvalue weighted by Crippen LogP contribution is 2.49. The molecule has 3 aromatic rings. The average molecular weight is 577 g/mol. The molecule has 0 saturated heterocycles. The van der Waals surface area contributed by atoms with Crippen molar-refractivity contribution in [2.75, 3.05) is 6.61 Å². The Bertz CT molecular complexity index is 1340. The lowest BCUT2D eigenvalue weighted by atomic mass is 9.77. The van der Waals surface area contributed by atoms with Gasteiger partial charge in [-0.05, 0) is 57.8 Å². The van der Waals surface area contributed by atoms with E-state index in [0.717, 1.165) is 47.4 Å². The number of hydrogen-bond acceptors (Lipinski definition) is 6. The average Bonchev–Trinajstić information content (AvgIpc) is 3.40. The van der Waals surface area contributed by atoms with E-state index in [-0.39, 0.29) is 46.9 Å². The summed E-state index contributed by atoms with van der Waals surface area (Å²) < 4.78 is 117. The van der Waals surface area contributed by atoms with Gasteiger partial charge in [-0.3, -0.25) is 4.79 Å². The number of carbonyl (C=O) groups excluding carboxylic acids is 1. The Kier molecular flexibility index (Phi) is 7.98. The quantitative estimate of drug-likeness (QED) is 0.273. The summed E-state index contributed by atoms with van der Waals surface area (Å²) in [5.74, 6) is -1.40. The van der Waals surface area contributed by atoms with Crippen LogP contribution in [-0.2, 0) is 10.3 Å². The molecule has 1 amide bonds. The summed E-state index contributed by atoms with van der Waals surface area (Å²) in [6, 6.07) is 9.05. The van der Waals surface area contributed by atoms with Crippen molar-refractivity contribution >= 4 is 17.2 Å². The van der Waals surface area contributed by atoms with Crippen LogP contribution in [0.4, 0.5) is 35.1 Å². The summed E-state index contributed by atoms with van der Waals surface area (Å²) >= 11 is 0. The maximum atomic E-state index is 14.8. The molecule has 0 radical (unpaired) electrons. The number of amides is 1. The number of nitrogens with zero attached hydrogens (tertiary/aromatic N) is 4. The summed E-state index contributed by atoms with van der Waals surface area (Å²) in [6.07, 6.45) is -10.7. The topological polar surface area (TPSA) is 91.2 Å². The second-order valence-corrected chi connectivity index (χ2v) is 8.61. The van der Waals surface area contributed by atoms with E-state index in [1.54, 1.807) is 0 Å². The second kappa shape index (κ2) is 11.1. The zero-order chi connectivity index (χ0) is 29.1. The number of ether oxygens (including phenoxy) is 2. The van der Waals surface area contributed by atoms with Crippen LogP contribution < -0.4 is 14.8 Å². The maximum absolute atomic E-state index is 14.8. The van der Waals surface area contributed by atoms with Gasteiger partial charge in [-0.15, -0.1) is 5.10 Å². The molecule has 1 atom stereocenters. The van der Waals surface area contributed by atoms with Crippen LogP contribution in [0, 0.1) is 0 Å². The minimum Gasteiger partial charge on any atom is -0.494 e. The number of aromatic nitrogens is 4. The van der Waals surface area contributed by atoms with Gasteiger partial charge in [0, 0.05) is 12.8 Å². The third kappa shape index (κ3) is 6.31. The second-order valence-electron chi connectivity index (χ2n) is 8.61. The molecule has 0 bridgehead atoms. The highest BCUT2D eigenvalue weighted by atomic mass is 19.4. The first-order valence-corrected chi connectivity index (χ1v) is 11.5. The first-order chi connectivity index (χ1) is 18.8. The van der Waals surface area contributed by atoms with Crippen LogP contribution in [0.1, 0.15) is 30.4 Å². The molecule has 0 saturated carbocycles. The molecule has 0 spiro atoms. The van der Waals surface area contributed by atoms with E-state index in [4.69, 9.17) is 4.74 Å². The van der Waals surface area contributed by atoms with Gasteiger partial charge in [0.2, 0.25) is 0 Å². The van der Waals surface area contributed by atoms with E-state index < -0.39 is 43.3 Å². The Morgan fingerprint density at radius 3 is 2.17 bits per heavy atom. The van der Waals surface area contributed by atoms with Gasteiger partial charge in [-0.25, -0.2) is 0 Å². The first-order valence-electron chi connectivity index (χ1n) is 11.5.